The Morgan fingerprint density at radius 3 is 0.688 bits per heavy atom. The van der Waals surface area contributed by atoms with Crippen LogP contribution in [0, 0.1) is 69.2 Å². The first-order valence-corrected chi connectivity index (χ1v) is 28.2. The third-order valence-electron chi connectivity index (χ3n) is 16.3. The van der Waals surface area contributed by atoms with Gasteiger partial charge in [-0.2, -0.15) is 0 Å². The highest BCUT2D eigenvalue weighted by Crippen LogP contribution is 2.33. The molecule has 0 amide bonds. The van der Waals surface area contributed by atoms with E-state index in [1.165, 1.54) is 163 Å². The zero-order valence-electron chi connectivity index (χ0n) is 48.1. The van der Waals surface area contributed by atoms with Crippen LogP contribution in [0.25, 0.3) is 108 Å². The molecule has 0 aliphatic rings. The Balaban J connectivity index is 0.000000105. The summed E-state index contributed by atoms with van der Waals surface area (Å²) < 4.78 is 0. The lowest BCUT2D eigenvalue weighted by Crippen LogP contribution is -1.83. The van der Waals surface area contributed by atoms with E-state index in [0.29, 0.717) is 0 Å². The fraction of sp³-hybridized carbons (Fsp3) is 0.125. The summed E-state index contributed by atoms with van der Waals surface area (Å²) in [6.07, 6.45) is 0. The van der Waals surface area contributed by atoms with E-state index in [-0.39, 0.29) is 0 Å². The van der Waals surface area contributed by atoms with Gasteiger partial charge in [0.2, 0.25) is 0 Å². The van der Waals surface area contributed by atoms with Crippen LogP contribution in [0.15, 0.2) is 243 Å². The highest BCUT2D eigenvalue weighted by molar-refractivity contribution is 6.06. The van der Waals surface area contributed by atoms with Crippen molar-refractivity contribution < 1.29 is 0 Å². The minimum atomic E-state index is 1.32. The molecule has 0 heterocycles. The molecule has 15 rings (SSSR count). The standard InChI is InChI=1S/5C16H14/c1-11-3-5-13-10-16-8-12(2)4-6-14(16)9-15(13)7-11;2*1-11-7-8-16-12(2)15-6-4-3-5-13(15)10-14(16)9-11;2*1-11-7-8-14-10-13-5-3-4-6-15(13)12(2)16(14)9-11/h5*3-10H,1-2H3. The molecule has 0 saturated carbocycles. The van der Waals surface area contributed by atoms with Crippen molar-refractivity contribution in [2.45, 2.75) is 69.2 Å². The fourth-order valence-corrected chi connectivity index (χ4v) is 11.9. The number of hydrogen-bond donors (Lipinski definition) is 0. The van der Waals surface area contributed by atoms with E-state index < -0.39 is 0 Å². The molecule has 80 heavy (non-hydrogen) atoms. The molecule has 0 unspecified atom stereocenters. The summed E-state index contributed by atoms with van der Waals surface area (Å²) in [6.45, 7) is 21.7. The third-order valence-corrected chi connectivity index (χ3v) is 16.3. The lowest BCUT2D eigenvalue weighted by Gasteiger charge is -2.08. The van der Waals surface area contributed by atoms with E-state index in [4.69, 9.17) is 0 Å². The van der Waals surface area contributed by atoms with E-state index in [2.05, 4.69) is 312 Å². The van der Waals surface area contributed by atoms with Gasteiger partial charge in [0.15, 0.2) is 0 Å². The molecule has 15 aromatic carbocycles. The maximum atomic E-state index is 2.28. The van der Waals surface area contributed by atoms with Crippen LogP contribution in [-0.2, 0) is 0 Å². The molecule has 0 aliphatic heterocycles. The topological polar surface area (TPSA) is 0 Å². The van der Waals surface area contributed by atoms with E-state index in [1.54, 1.807) is 0 Å². The van der Waals surface area contributed by atoms with Crippen LogP contribution in [0.5, 0.6) is 0 Å². The number of hydrogen-bond acceptors (Lipinski definition) is 0. The Labute approximate surface area is 472 Å². The van der Waals surface area contributed by atoms with Gasteiger partial charge in [-0.05, 0) is 236 Å². The predicted octanol–water partition coefficient (Wildman–Crippen LogP) is 23.0. The molecule has 0 nitrogen and oxygen atoms in total. The highest BCUT2D eigenvalue weighted by Gasteiger charge is 2.07. The van der Waals surface area contributed by atoms with Crippen molar-refractivity contribution in [2.75, 3.05) is 0 Å². The van der Waals surface area contributed by atoms with Crippen molar-refractivity contribution in [3.8, 4) is 0 Å². The average molecular weight is 1030 g/mol. The minimum Gasteiger partial charge on any atom is -0.0616 e. The van der Waals surface area contributed by atoms with Crippen LogP contribution in [0.3, 0.4) is 0 Å². The lowest BCUT2D eigenvalue weighted by molar-refractivity contribution is 1.49. The van der Waals surface area contributed by atoms with Gasteiger partial charge in [0.25, 0.3) is 0 Å². The first-order chi connectivity index (χ1) is 38.7. The molecule has 0 heteroatoms. The minimum absolute atomic E-state index is 1.32. The van der Waals surface area contributed by atoms with Crippen molar-refractivity contribution in [3.05, 3.63) is 298 Å². The number of fused-ring (bicyclic) bond motifs is 10. The predicted molar refractivity (Wildman–Crippen MR) is 355 cm³/mol. The molecule has 15 aromatic rings. The molecule has 0 spiro atoms. The van der Waals surface area contributed by atoms with Crippen molar-refractivity contribution >= 4 is 108 Å². The van der Waals surface area contributed by atoms with Gasteiger partial charge in [-0.15, -0.1) is 0 Å². The second-order valence-corrected chi connectivity index (χ2v) is 22.3. The van der Waals surface area contributed by atoms with Gasteiger partial charge in [-0.25, -0.2) is 0 Å². The Hall–Kier alpha value is -9.10. The average Bonchev–Trinajstić information content (AvgIpc) is 3.52. The van der Waals surface area contributed by atoms with Gasteiger partial charge in [0.1, 0.15) is 0 Å². The zero-order chi connectivity index (χ0) is 55.6. The molecular weight excluding hydrogens is 961 g/mol. The quantitative estimate of drug-likeness (QED) is 0.133. The van der Waals surface area contributed by atoms with Crippen molar-refractivity contribution in [2.24, 2.45) is 0 Å². The number of rotatable bonds is 0. The first-order valence-electron chi connectivity index (χ1n) is 28.2. The van der Waals surface area contributed by atoms with Gasteiger partial charge in [0, 0.05) is 0 Å². The van der Waals surface area contributed by atoms with E-state index in [9.17, 15) is 0 Å². The van der Waals surface area contributed by atoms with Crippen molar-refractivity contribution in [3.63, 3.8) is 0 Å². The Bertz CT molecular complexity index is 4510. The van der Waals surface area contributed by atoms with E-state index >= 15 is 0 Å². The molecule has 0 aromatic heterocycles. The Morgan fingerprint density at radius 2 is 0.350 bits per heavy atom. The summed E-state index contributed by atoms with van der Waals surface area (Å²) in [4.78, 5) is 0. The van der Waals surface area contributed by atoms with Crippen LogP contribution in [0.2, 0.25) is 0 Å². The summed E-state index contributed by atoms with van der Waals surface area (Å²) >= 11 is 0. The SMILES string of the molecule is Cc1ccc2c(C)c3ccccc3cc2c1.Cc1ccc2c(C)c3ccccc3cc2c1.Cc1ccc2cc3cc(C)ccc3cc2c1.Cc1ccc2cc3ccccc3c(C)c2c1.Cc1ccc2cc3ccccc3c(C)c2c1. The summed E-state index contributed by atoms with van der Waals surface area (Å²) in [5.74, 6) is 0. The molecule has 0 radical (unpaired) electrons. The van der Waals surface area contributed by atoms with Crippen LogP contribution in [0.1, 0.15) is 55.6 Å². The molecule has 0 fully saturated rings. The molecule has 0 atom stereocenters. The molecule has 0 bridgehead atoms. The highest BCUT2D eigenvalue weighted by atomic mass is 14.1. The van der Waals surface area contributed by atoms with Gasteiger partial charge < -0.3 is 0 Å². The van der Waals surface area contributed by atoms with Crippen LogP contribution >= 0.6 is 0 Å². The van der Waals surface area contributed by atoms with E-state index in [1.807, 2.05) is 0 Å². The summed E-state index contributed by atoms with van der Waals surface area (Å²) in [6, 6.07) is 87.9. The Morgan fingerprint density at radius 1 is 0.138 bits per heavy atom. The maximum absolute atomic E-state index is 2.28. The summed E-state index contributed by atoms with van der Waals surface area (Å²) in [5, 5.41) is 26.9. The molecule has 390 valence electrons. The van der Waals surface area contributed by atoms with Crippen LogP contribution in [-0.4, -0.2) is 0 Å². The maximum Gasteiger partial charge on any atom is -0.0146 e. The number of benzene rings is 15. The fourth-order valence-electron chi connectivity index (χ4n) is 11.9. The molecule has 0 N–H and O–H groups in total. The first kappa shape index (κ1) is 52.9. The van der Waals surface area contributed by atoms with Crippen molar-refractivity contribution in [1.29, 1.82) is 0 Å². The monoisotopic (exact) mass is 1030 g/mol. The second-order valence-electron chi connectivity index (χ2n) is 22.3. The molecule has 0 aliphatic carbocycles. The van der Waals surface area contributed by atoms with Gasteiger partial charge in [-0.3, -0.25) is 0 Å². The van der Waals surface area contributed by atoms with E-state index in [0.717, 1.165) is 0 Å². The van der Waals surface area contributed by atoms with Gasteiger partial charge >= 0.3 is 0 Å². The largest absolute Gasteiger partial charge is 0.0616 e. The van der Waals surface area contributed by atoms with Gasteiger partial charge in [0.05, 0.1) is 0 Å². The van der Waals surface area contributed by atoms with Crippen LogP contribution < -0.4 is 0 Å². The normalized spacial score (nSPS) is 11.1. The van der Waals surface area contributed by atoms with Crippen LogP contribution in [0.4, 0.5) is 0 Å². The van der Waals surface area contributed by atoms with Gasteiger partial charge in [-0.1, -0.05) is 240 Å². The second kappa shape index (κ2) is 22.7. The Kier molecular flexibility index (Phi) is 15.0. The summed E-state index contributed by atoms with van der Waals surface area (Å²) in [7, 11) is 0. The van der Waals surface area contributed by atoms with Crippen molar-refractivity contribution in [1.82, 2.24) is 0 Å². The molecule has 0 saturated heterocycles. The third kappa shape index (κ3) is 11.1. The lowest BCUT2D eigenvalue weighted by atomic mass is 9.97. The smallest absolute Gasteiger partial charge is 0.0146 e. The summed E-state index contributed by atoms with van der Waals surface area (Å²) in [5.41, 5.74) is 13.5. The molecular formula is C80H70. The number of aryl methyl sites for hydroxylation is 10. The zero-order valence-corrected chi connectivity index (χ0v) is 48.1.